The molecule has 5 rings (SSSR count). The van der Waals surface area contributed by atoms with Crippen molar-refractivity contribution in [2.75, 3.05) is 0 Å². The molecule has 4 heterocycles. The average molecular weight is 345 g/mol. The first-order valence-electron chi connectivity index (χ1n) is 8.26. The van der Waals surface area contributed by atoms with E-state index in [0.29, 0.717) is 17.9 Å². The Bertz CT molecular complexity index is 1140. The first-order chi connectivity index (χ1) is 12.7. The number of nitrogens with zero attached hydrogens (tertiary/aromatic N) is 5. The van der Waals surface area contributed by atoms with Crippen molar-refractivity contribution in [1.29, 1.82) is 0 Å². The highest BCUT2D eigenvalue weighted by molar-refractivity contribution is 5.79. The zero-order valence-electron chi connectivity index (χ0n) is 14.0. The van der Waals surface area contributed by atoms with Crippen LogP contribution in [0.5, 0.6) is 0 Å². The molecule has 0 unspecified atom stereocenters. The van der Waals surface area contributed by atoms with Crippen LogP contribution in [0.25, 0.3) is 16.7 Å². The van der Waals surface area contributed by atoms with Gasteiger partial charge in [-0.2, -0.15) is 5.10 Å². The molecule has 4 aromatic rings. The standard InChI is InChI=1S/C19H15N5O2/c1-19(25-7-8-26-19)17-12-22-18-21-11-15(24(18)23-17)10-13-4-5-16-14(9-13)3-2-6-20-16/h2-9,11-12H,10H2,1H3. The molecular weight excluding hydrogens is 330 g/mol. The van der Waals surface area contributed by atoms with E-state index in [1.165, 1.54) is 12.5 Å². The highest BCUT2D eigenvalue weighted by atomic mass is 16.7. The third kappa shape index (κ3) is 2.36. The van der Waals surface area contributed by atoms with Crippen LogP contribution in [0.1, 0.15) is 23.9 Å². The fraction of sp³-hybridized carbons (Fsp3) is 0.158. The van der Waals surface area contributed by atoms with Crippen molar-refractivity contribution >= 4 is 16.7 Å². The number of fused-ring (bicyclic) bond motifs is 2. The summed E-state index contributed by atoms with van der Waals surface area (Å²) < 4.78 is 12.8. The van der Waals surface area contributed by atoms with Gasteiger partial charge < -0.3 is 9.47 Å². The van der Waals surface area contributed by atoms with Crippen LogP contribution in [0.2, 0.25) is 0 Å². The molecule has 0 saturated heterocycles. The van der Waals surface area contributed by atoms with E-state index < -0.39 is 5.79 Å². The molecule has 128 valence electrons. The van der Waals surface area contributed by atoms with Crippen LogP contribution < -0.4 is 0 Å². The van der Waals surface area contributed by atoms with Gasteiger partial charge >= 0.3 is 0 Å². The number of benzene rings is 1. The SMILES string of the molecule is CC1(c2cnc3ncc(Cc4ccc5ncccc5c4)n3n2)OC=CO1. The van der Waals surface area contributed by atoms with Gasteiger partial charge in [-0.3, -0.25) is 4.98 Å². The molecular formula is C19H15N5O2. The highest BCUT2D eigenvalue weighted by Crippen LogP contribution is 2.29. The maximum Gasteiger partial charge on any atom is 0.294 e. The summed E-state index contributed by atoms with van der Waals surface area (Å²) in [4.78, 5) is 13.1. The van der Waals surface area contributed by atoms with Gasteiger partial charge in [-0.1, -0.05) is 12.1 Å². The van der Waals surface area contributed by atoms with Crippen LogP contribution in [0.15, 0.2) is 61.4 Å². The van der Waals surface area contributed by atoms with Crippen LogP contribution in [0.4, 0.5) is 0 Å². The molecule has 0 radical (unpaired) electrons. The first kappa shape index (κ1) is 14.8. The Morgan fingerprint density at radius 2 is 1.88 bits per heavy atom. The number of rotatable bonds is 3. The summed E-state index contributed by atoms with van der Waals surface area (Å²) in [7, 11) is 0. The van der Waals surface area contributed by atoms with Gasteiger partial charge in [-0.25, -0.2) is 14.5 Å². The van der Waals surface area contributed by atoms with Crippen molar-refractivity contribution in [3.8, 4) is 0 Å². The fourth-order valence-electron chi connectivity index (χ4n) is 3.06. The molecule has 0 amide bonds. The van der Waals surface area contributed by atoms with Gasteiger partial charge in [0, 0.05) is 24.9 Å². The lowest BCUT2D eigenvalue weighted by Crippen LogP contribution is -2.25. The zero-order valence-corrected chi connectivity index (χ0v) is 14.0. The Balaban J connectivity index is 1.53. The largest absolute Gasteiger partial charge is 0.451 e. The number of hydrogen-bond donors (Lipinski definition) is 0. The minimum Gasteiger partial charge on any atom is -0.451 e. The topological polar surface area (TPSA) is 74.4 Å². The fourth-order valence-corrected chi connectivity index (χ4v) is 3.06. The van der Waals surface area contributed by atoms with Crippen LogP contribution >= 0.6 is 0 Å². The summed E-state index contributed by atoms with van der Waals surface area (Å²) >= 11 is 0. The molecule has 7 nitrogen and oxygen atoms in total. The van der Waals surface area contributed by atoms with Gasteiger partial charge in [0.2, 0.25) is 0 Å². The molecule has 0 atom stereocenters. The van der Waals surface area contributed by atoms with Crippen molar-refractivity contribution in [2.24, 2.45) is 0 Å². The van der Waals surface area contributed by atoms with Crippen LogP contribution in [0, 0.1) is 0 Å². The Kier molecular flexibility index (Phi) is 3.15. The zero-order chi connectivity index (χ0) is 17.6. The molecule has 0 aliphatic carbocycles. The second-order valence-electron chi connectivity index (χ2n) is 6.27. The summed E-state index contributed by atoms with van der Waals surface area (Å²) in [6, 6.07) is 10.2. The second-order valence-corrected chi connectivity index (χ2v) is 6.27. The third-order valence-electron chi connectivity index (χ3n) is 4.46. The Morgan fingerprint density at radius 1 is 1.04 bits per heavy atom. The van der Waals surface area contributed by atoms with Gasteiger partial charge in [-0.15, -0.1) is 0 Å². The van der Waals surface area contributed by atoms with Gasteiger partial charge in [0.05, 0.1) is 23.6 Å². The monoisotopic (exact) mass is 345 g/mol. The smallest absolute Gasteiger partial charge is 0.294 e. The maximum absolute atomic E-state index is 5.51. The molecule has 0 bridgehead atoms. The van der Waals surface area contributed by atoms with Crippen LogP contribution in [-0.2, 0) is 21.7 Å². The lowest BCUT2D eigenvalue weighted by molar-refractivity contribution is -0.137. The van der Waals surface area contributed by atoms with Gasteiger partial charge in [0.15, 0.2) is 5.69 Å². The molecule has 1 aliphatic rings. The molecule has 0 N–H and O–H groups in total. The number of aromatic nitrogens is 5. The Hall–Kier alpha value is -3.48. The van der Waals surface area contributed by atoms with E-state index in [2.05, 4.69) is 38.2 Å². The molecule has 0 fully saturated rings. The third-order valence-corrected chi connectivity index (χ3v) is 4.46. The maximum atomic E-state index is 5.51. The average Bonchev–Trinajstić information content (AvgIpc) is 3.29. The van der Waals surface area contributed by atoms with Gasteiger partial charge in [0.25, 0.3) is 11.6 Å². The van der Waals surface area contributed by atoms with Crippen molar-refractivity contribution < 1.29 is 9.47 Å². The van der Waals surface area contributed by atoms with E-state index in [1.807, 2.05) is 12.1 Å². The Morgan fingerprint density at radius 3 is 2.77 bits per heavy atom. The van der Waals surface area contributed by atoms with E-state index in [-0.39, 0.29) is 0 Å². The summed E-state index contributed by atoms with van der Waals surface area (Å²) in [6.07, 6.45) is 8.91. The molecule has 0 spiro atoms. The molecule has 26 heavy (non-hydrogen) atoms. The Labute approximate surface area is 148 Å². The normalized spacial score (nSPS) is 15.3. The lowest BCUT2D eigenvalue weighted by Gasteiger charge is -2.21. The van der Waals surface area contributed by atoms with E-state index in [1.54, 1.807) is 30.0 Å². The quantitative estimate of drug-likeness (QED) is 0.568. The minimum absolute atomic E-state index is 0.542. The summed E-state index contributed by atoms with van der Waals surface area (Å²) in [5.74, 6) is -0.419. The van der Waals surface area contributed by atoms with E-state index >= 15 is 0 Å². The van der Waals surface area contributed by atoms with E-state index in [9.17, 15) is 0 Å². The van der Waals surface area contributed by atoms with Crippen molar-refractivity contribution in [2.45, 2.75) is 19.1 Å². The molecule has 0 saturated carbocycles. The minimum atomic E-state index is -0.961. The summed E-state index contributed by atoms with van der Waals surface area (Å²) in [5, 5.41) is 5.75. The number of hydrogen-bond acceptors (Lipinski definition) is 6. The number of ether oxygens (including phenoxy) is 2. The highest BCUT2D eigenvalue weighted by Gasteiger charge is 2.35. The first-order valence-corrected chi connectivity index (χ1v) is 8.26. The van der Waals surface area contributed by atoms with Crippen molar-refractivity contribution in [1.82, 2.24) is 24.6 Å². The van der Waals surface area contributed by atoms with E-state index in [0.717, 1.165) is 22.2 Å². The van der Waals surface area contributed by atoms with Gasteiger partial charge in [0.1, 0.15) is 12.5 Å². The van der Waals surface area contributed by atoms with Gasteiger partial charge in [-0.05, 0) is 23.8 Å². The van der Waals surface area contributed by atoms with Crippen molar-refractivity contribution in [3.05, 3.63) is 78.4 Å². The van der Waals surface area contributed by atoms with E-state index in [4.69, 9.17) is 9.47 Å². The van der Waals surface area contributed by atoms with Crippen LogP contribution in [-0.4, -0.2) is 24.6 Å². The number of pyridine rings is 1. The summed E-state index contributed by atoms with van der Waals surface area (Å²) in [5.41, 5.74) is 3.65. The predicted molar refractivity (Wildman–Crippen MR) is 94.0 cm³/mol. The summed E-state index contributed by atoms with van der Waals surface area (Å²) in [6.45, 7) is 1.80. The lowest BCUT2D eigenvalue weighted by atomic mass is 10.1. The molecule has 7 heteroatoms. The molecule has 1 aliphatic heterocycles. The predicted octanol–water partition coefficient (Wildman–Crippen LogP) is 2.95. The molecule has 3 aromatic heterocycles. The molecule has 1 aromatic carbocycles. The van der Waals surface area contributed by atoms with Crippen molar-refractivity contribution in [3.63, 3.8) is 0 Å². The number of imidazole rings is 1. The second kappa shape index (κ2) is 5.52. The van der Waals surface area contributed by atoms with Crippen LogP contribution in [0.3, 0.4) is 0 Å².